The zero-order valence-electron chi connectivity index (χ0n) is 21.0. The van der Waals surface area contributed by atoms with Gasteiger partial charge in [-0.3, -0.25) is 9.59 Å². The van der Waals surface area contributed by atoms with Crippen LogP contribution in [0.4, 0.5) is 5.69 Å². The van der Waals surface area contributed by atoms with E-state index in [1.54, 1.807) is 6.92 Å². The van der Waals surface area contributed by atoms with Gasteiger partial charge in [-0.1, -0.05) is 29.8 Å². The van der Waals surface area contributed by atoms with Crippen molar-refractivity contribution in [1.82, 2.24) is 10.3 Å². The highest BCUT2D eigenvalue weighted by atomic mass is 16.4. The van der Waals surface area contributed by atoms with Gasteiger partial charge < -0.3 is 14.6 Å². The predicted octanol–water partition coefficient (Wildman–Crippen LogP) is 5.19. The minimum absolute atomic E-state index is 0.103. The van der Waals surface area contributed by atoms with Gasteiger partial charge in [0.15, 0.2) is 0 Å². The minimum atomic E-state index is -0.216. The van der Waals surface area contributed by atoms with Crippen LogP contribution in [0.15, 0.2) is 52.9 Å². The maximum atomic E-state index is 12.5. The Labute approximate surface area is 207 Å². The van der Waals surface area contributed by atoms with Crippen molar-refractivity contribution < 1.29 is 14.0 Å². The molecule has 0 bridgehead atoms. The third-order valence-electron chi connectivity index (χ3n) is 6.74. The van der Waals surface area contributed by atoms with Crippen molar-refractivity contribution in [2.45, 2.75) is 52.9 Å². The molecule has 6 heteroatoms. The van der Waals surface area contributed by atoms with Gasteiger partial charge in [0.05, 0.1) is 18.5 Å². The summed E-state index contributed by atoms with van der Waals surface area (Å²) < 4.78 is 5.77. The molecule has 1 aromatic heterocycles. The molecule has 0 spiro atoms. The van der Waals surface area contributed by atoms with Crippen molar-refractivity contribution in [3.63, 3.8) is 0 Å². The Morgan fingerprint density at radius 3 is 2.46 bits per heavy atom. The molecule has 0 unspecified atom stereocenters. The normalized spacial score (nSPS) is 14.2. The topological polar surface area (TPSA) is 75.4 Å². The molecule has 4 rings (SSSR count). The first-order valence-electron chi connectivity index (χ1n) is 12.5. The zero-order valence-corrected chi connectivity index (χ0v) is 21.0. The van der Waals surface area contributed by atoms with Crippen molar-refractivity contribution >= 4 is 17.4 Å². The molecule has 1 fully saturated rings. The average molecular weight is 474 g/mol. The van der Waals surface area contributed by atoms with Crippen LogP contribution in [-0.4, -0.2) is 36.3 Å². The largest absolute Gasteiger partial charge is 0.441 e. The van der Waals surface area contributed by atoms with E-state index in [-0.39, 0.29) is 24.5 Å². The average Bonchev–Trinajstić information content (AvgIpc) is 3.19. The summed E-state index contributed by atoms with van der Waals surface area (Å²) in [4.78, 5) is 31.7. The van der Waals surface area contributed by atoms with E-state index in [0.717, 1.165) is 43.5 Å². The van der Waals surface area contributed by atoms with E-state index in [1.165, 1.54) is 11.3 Å². The SMILES string of the molecule is Cc1cccc(-c2nc(CC(=O)CC(=O)NCCC3CCN(c4cccc(C)c4)CC3)c(C)o2)c1. The number of piperidine rings is 1. The van der Waals surface area contributed by atoms with Crippen LogP contribution in [0.5, 0.6) is 0 Å². The lowest BCUT2D eigenvalue weighted by Crippen LogP contribution is -2.35. The molecule has 1 aliphatic rings. The fourth-order valence-corrected chi connectivity index (χ4v) is 4.70. The second-order valence-electron chi connectivity index (χ2n) is 9.69. The number of ketones is 1. The summed E-state index contributed by atoms with van der Waals surface area (Å²) in [7, 11) is 0. The molecule has 2 aromatic carbocycles. The van der Waals surface area contributed by atoms with Crippen molar-refractivity contribution in [2.24, 2.45) is 5.92 Å². The lowest BCUT2D eigenvalue weighted by atomic mass is 9.93. The van der Waals surface area contributed by atoms with E-state index < -0.39 is 0 Å². The lowest BCUT2D eigenvalue weighted by molar-refractivity contribution is -0.127. The predicted molar refractivity (Wildman–Crippen MR) is 138 cm³/mol. The number of hydrogen-bond donors (Lipinski definition) is 1. The fraction of sp³-hybridized carbons (Fsp3) is 0.414. The van der Waals surface area contributed by atoms with Gasteiger partial charge in [0.2, 0.25) is 11.8 Å². The Morgan fingerprint density at radius 2 is 1.74 bits per heavy atom. The zero-order chi connectivity index (χ0) is 24.8. The van der Waals surface area contributed by atoms with Crippen molar-refractivity contribution in [3.8, 4) is 11.5 Å². The highest BCUT2D eigenvalue weighted by molar-refractivity contribution is 5.98. The first-order chi connectivity index (χ1) is 16.9. The Morgan fingerprint density at radius 1 is 1.03 bits per heavy atom. The number of Topliss-reactive ketones (excluding diaryl/α,β-unsaturated/α-hetero) is 1. The number of nitrogens with zero attached hydrogens (tertiary/aromatic N) is 2. The quantitative estimate of drug-likeness (QED) is 0.433. The smallest absolute Gasteiger partial charge is 0.227 e. The van der Waals surface area contributed by atoms with E-state index in [0.29, 0.717) is 29.8 Å². The molecular weight excluding hydrogens is 438 g/mol. The molecule has 35 heavy (non-hydrogen) atoms. The van der Waals surface area contributed by atoms with Crippen LogP contribution in [0.2, 0.25) is 0 Å². The molecule has 0 saturated carbocycles. The molecule has 1 saturated heterocycles. The van der Waals surface area contributed by atoms with Crippen LogP contribution in [0, 0.1) is 26.7 Å². The number of oxazole rings is 1. The van der Waals surface area contributed by atoms with Gasteiger partial charge >= 0.3 is 0 Å². The minimum Gasteiger partial charge on any atom is -0.441 e. The summed E-state index contributed by atoms with van der Waals surface area (Å²) in [5.74, 6) is 1.36. The summed E-state index contributed by atoms with van der Waals surface area (Å²) in [6.07, 6.45) is 3.17. The molecule has 0 radical (unpaired) electrons. The van der Waals surface area contributed by atoms with E-state index in [2.05, 4.69) is 46.4 Å². The van der Waals surface area contributed by atoms with Gasteiger partial charge in [-0.05, 0) is 75.8 Å². The number of anilines is 1. The summed E-state index contributed by atoms with van der Waals surface area (Å²) in [6, 6.07) is 16.5. The second kappa shape index (κ2) is 11.3. The lowest BCUT2D eigenvalue weighted by Gasteiger charge is -2.33. The Hall–Kier alpha value is -3.41. The molecule has 6 nitrogen and oxygen atoms in total. The third kappa shape index (κ3) is 6.81. The van der Waals surface area contributed by atoms with E-state index >= 15 is 0 Å². The van der Waals surface area contributed by atoms with Crippen molar-refractivity contribution in [1.29, 1.82) is 0 Å². The van der Waals surface area contributed by atoms with Gasteiger partial charge in [0, 0.05) is 30.9 Å². The summed E-state index contributed by atoms with van der Waals surface area (Å²) in [5.41, 5.74) is 5.18. The van der Waals surface area contributed by atoms with Crippen molar-refractivity contribution in [3.05, 3.63) is 71.1 Å². The summed E-state index contributed by atoms with van der Waals surface area (Å²) in [6.45, 7) is 8.64. The number of carbonyl (C=O) groups excluding carboxylic acids is 2. The fourth-order valence-electron chi connectivity index (χ4n) is 4.70. The first kappa shape index (κ1) is 24.7. The molecule has 184 valence electrons. The maximum Gasteiger partial charge on any atom is 0.227 e. The number of hydrogen-bond acceptors (Lipinski definition) is 5. The molecule has 1 N–H and O–H groups in total. The molecule has 0 atom stereocenters. The van der Waals surface area contributed by atoms with Crippen LogP contribution in [0.1, 0.15) is 48.3 Å². The molecular formula is C29H35N3O3. The Balaban J connectivity index is 1.18. The van der Waals surface area contributed by atoms with Gasteiger partial charge in [0.1, 0.15) is 11.5 Å². The van der Waals surface area contributed by atoms with Crippen LogP contribution in [-0.2, 0) is 16.0 Å². The van der Waals surface area contributed by atoms with Crippen LogP contribution in [0.25, 0.3) is 11.5 Å². The number of rotatable bonds is 9. The van der Waals surface area contributed by atoms with Crippen LogP contribution < -0.4 is 10.2 Å². The second-order valence-corrected chi connectivity index (χ2v) is 9.69. The number of amides is 1. The summed E-state index contributed by atoms with van der Waals surface area (Å²) >= 11 is 0. The molecule has 1 amide bonds. The van der Waals surface area contributed by atoms with E-state index in [1.807, 2.05) is 31.2 Å². The molecule has 3 aromatic rings. The maximum absolute atomic E-state index is 12.5. The molecule has 2 heterocycles. The first-order valence-corrected chi connectivity index (χ1v) is 12.5. The molecule has 1 aliphatic heterocycles. The Kier molecular flexibility index (Phi) is 8.01. The number of aryl methyl sites for hydroxylation is 3. The number of aromatic nitrogens is 1. The van der Waals surface area contributed by atoms with E-state index in [4.69, 9.17) is 4.42 Å². The number of carbonyl (C=O) groups is 2. The number of nitrogens with one attached hydrogen (secondary N) is 1. The highest BCUT2D eigenvalue weighted by Crippen LogP contribution is 2.26. The highest BCUT2D eigenvalue weighted by Gasteiger charge is 2.20. The standard InChI is InChI=1S/C29H35N3O3/c1-20-6-4-8-24(16-20)29-31-27(22(3)35-29)18-26(33)19-28(34)30-13-10-23-11-14-32(15-12-23)25-9-5-7-21(2)17-25/h4-9,16-17,23H,10-15,18-19H2,1-3H3,(H,30,34). The van der Waals surface area contributed by atoms with Crippen LogP contribution >= 0.6 is 0 Å². The van der Waals surface area contributed by atoms with Gasteiger partial charge in [0.25, 0.3) is 0 Å². The van der Waals surface area contributed by atoms with Crippen LogP contribution in [0.3, 0.4) is 0 Å². The van der Waals surface area contributed by atoms with Gasteiger partial charge in [-0.2, -0.15) is 0 Å². The van der Waals surface area contributed by atoms with Gasteiger partial charge in [-0.25, -0.2) is 4.98 Å². The monoisotopic (exact) mass is 473 g/mol. The summed E-state index contributed by atoms with van der Waals surface area (Å²) in [5, 5.41) is 2.93. The Bertz CT molecular complexity index is 1180. The van der Waals surface area contributed by atoms with E-state index in [9.17, 15) is 9.59 Å². The molecule has 0 aliphatic carbocycles. The van der Waals surface area contributed by atoms with Crippen molar-refractivity contribution in [2.75, 3.05) is 24.5 Å². The van der Waals surface area contributed by atoms with Gasteiger partial charge in [-0.15, -0.1) is 0 Å². The third-order valence-corrected chi connectivity index (χ3v) is 6.74. The number of benzene rings is 2.